The third-order valence-corrected chi connectivity index (χ3v) is 11.7. The molecule has 0 bridgehead atoms. The molecule has 0 spiro atoms. The summed E-state index contributed by atoms with van der Waals surface area (Å²) in [5.74, 6) is 0.827. The van der Waals surface area contributed by atoms with E-state index in [4.69, 9.17) is 18.8 Å². The van der Waals surface area contributed by atoms with Gasteiger partial charge in [-0.3, -0.25) is 4.98 Å². The second kappa shape index (κ2) is 12.4. The molecule has 3 aromatic heterocycles. The lowest BCUT2D eigenvalue weighted by atomic mass is 9.91. The number of furan rings is 2. The molecule has 0 unspecified atom stereocenters. The van der Waals surface area contributed by atoms with Gasteiger partial charge in [0.25, 0.3) is 0 Å². The van der Waals surface area contributed by atoms with Crippen molar-refractivity contribution in [3.8, 4) is 33.5 Å². The summed E-state index contributed by atoms with van der Waals surface area (Å²) in [5, 5.41) is 9.08. The van der Waals surface area contributed by atoms with Crippen LogP contribution in [0.2, 0.25) is 0 Å². The molecule has 8 aromatic carbocycles. The monoisotopic (exact) mass is 722 g/mol. The molecule has 0 saturated heterocycles. The van der Waals surface area contributed by atoms with Gasteiger partial charge in [-0.15, -0.1) is 0 Å². The largest absolute Gasteiger partial charge is 0.455 e. The van der Waals surface area contributed by atoms with Crippen molar-refractivity contribution in [2.45, 2.75) is 39.5 Å². The Bertz CT molecular complexity index is 3250. The van der Waals surface area contributed by atoms with Gasteiger partial charge in [-0.25, -0.2) is 4.98 Å². The van der Waals surface area contributed by atoms with Crippen molar-refractivity contribution in [1.82, 2.24) is 9.97 Å². The molecular formula is C52H38N2O2. The Morgan fingerprint density at radius 3 is 1.43 bits per heavy atom. The van der Waals surface area contributed by atoms with Crippen LogP contribution in [0.15, 0.2) is 155 Å². The third-order valence-electron chi connectivity index (χ3n) is 11.7. The fraction of sp³-hybridized carbons (Fsp3) is 0.115. The van der Waals surface area contributed by atoms with E-state index in [0.29, 0.717) is 11.8 Å². The molecule has 4 heteroatoms. The van der Waals surface area contributed by atoms with Crippen LogP contribution in [0.4, 0.5) is 0 Å². The van der Waals surface area contributed by atoms with Crippen LogP contribution in [0.3, 0.4) is 0 Å². The van der Waals surface area contributed by atoms with Crippen molar-refractivity contribution >= 4 is 76.5 Å². The highest BCUT2D eigenvalue weighted by molar-refractivity contribution is 6.23. The maximum absolute atomic E-state index is 6.59. The summed E-state index contributed by atoms with van der Waals surface area (Å²) in [7, 11) is 0. The number of aromatic nitrogens is 2. The molecule has 4 nitrogen and oxygen atoms in total. The van der Waals surface area contributed by atoms with Gasteiger partial charge in [0.1, 0.15) is 22.3 Å². The van der Waals surface area contributed by atoms with Crippen LogP contribution in [-0.2, 0) is 0 Å². The predicted molar refractivity (Wildman–Crippen MR) is 234 cm³/mol. The summed E-state index contributed by atoms with van der Waals surface area (Å²) in [5.41, 5.74) is 13.8. The van der Waals surface area contributed by atoms with Crippen molar-refractivity contribution in [1.29, 1.82) is 0 Å². The van der Waals surface area contributed by atoms with Crippen molar-refractivity contribution in [2.75, 3.05) is 0 Å². The Kier molecular flexibility index (Phi) is 7.21. The SMILES string of the molecule is CC(C)c1ccc2c(c1)c1cc(C(C)C)ccc1c1nc(-c3cc(-c4cccc5c4oc4ccccc45)cc(-c4cccc5c4oc4ccccc45)c3)cnc21. The van der Waals surface area contributed by atoms with Crippen LogP contribution in [0.25, 0.3) is 110 Å². The van der Waals surface area contributed by atoms with Gasteiger partial charge in [-0.1, -0.05) is 137 Å². The summed E-state index contributed by atoms with van der Waals surface area (Å²) < 4.78 is 13.2. The number of hydrogen-bond donors (Lipinski definition) is 0. The molecule has 0 aliphatic rings. The van der Waals surface area contributed by atoms with Crippen molar-refractivity contribution in [2.24, 2.45) is 0 Å². The van der Waals surface area contributed by atoms with E-state index < -0.39 is 0 Å². The number of para-hydroxylation sites is 4. The van der Waals surface area contributed by atoms with Crippen LogP contribution in [0.5, 0.6) is 0 Å². The first-order valence-corrected chi connectivity index (χ1v) is 19.5. The van der Waals surface area contributed by atoms with Crippen LogP contribution in [-0.4, -0.2) is 9.97 Å². The highest BCUT2D eigenvalue weighted by Crippen LogP contribution is 2.43. The smallest absolute Gasteiger partial charge is 0.143 e. The number of nitrogens with zero attached hydrogens (tertiary/aromatic N) is 2. The van der Waals surface area contributed by atoms with Gasteiger partial charge in [0.05, 0.1) is 22.9 Å². The molecule has 0 amide bonds. The molecule has 0 aliphatic carbocycles. The Labute approximate surface area is 324 Å². The quantitative estimate of drug-likeness (QED) is 0.166. The standard InChI is InChI=1S/C52H38N2O2/c1-29(2)31-19-21-40-44(26-31)45-27-32(30(3)4)20-22-41(45)50-49(40)53-28-46(54-50)35-24-33(36-13-9-15-42-38-11-5-7-17-47(38)55-51(36)42)23-34(25-35)37-14-10-16-43-39-12-6-8-18-48(39)56-52(37)43/h5-30H,1-4H3. The lowest BCUT2D eigenvalue weighted by Gasteiger charge is -2.15. The zero-order valence-electron chi connectivity index (χ0n) is 31.7. The van der Waals surface area contributed by atoms with E-state index in [1.807, 2.05) is 30.5 Å². The second-order valence-electron chi connectivity index (χ2n) is 15.7. The van der Waals surface area contributed by atoms with Gasteiger partial charge in [0, 0.05) is 49.0 Å². The molecule has 0 aliphatic heterocycles. The first-order chi connectivity index (χ1) is 27.4. The van der Waals surface area contributed by atoms with Crippen molar-refractivity contribution < 1.29 is 8.83 Å². The van der Waals surface area contributed by atoms with Gasteiger partial charge in [-0.05, 0) is 75.2 Å². The second-order valence-corrected chi connectivity index (χ2v) is 15.7. The molecule has 11 aromatic rings. The van der Waals surface area contributed by atoms with Crippen LogP contribution < -0.4 is 0 Å². The van der Waals surface area contributed by atoms with Crippen molar-refractivity contribution in [3.63, 3.8) is 0 Å². The summed E-state index contributed by atoms with van der Waals surface area (Å²) in [6.45, 7) is 9.01. The van der Waals surface area contributed by atoms with E-state index >= 15 is 0 Å². The average molecular weight is 723 g/mol. The zero-order valence-corrected chi connectivity index (χ0v) is 31.7. The minimum Gasteiger partial charge on any atom is -0.455 e. The maximum Gasteiger partial charge on any atom is 0.143 e. The number of hydrogen-bond acceptors (Lipinski definition) is 4. The van der Waals surface area contributed by atoms with Gasteiger partial charge in [0.15, 0.2) is 0 Å². The normalized spacial score (nSPS) is 12.2. The van der Waals surface area contributed by atoms with Crippen LogP contribution >= 0.6 is 0 Å². The maximum atomic E-state index is 6.59. The number of benzene rings is 8. The highest BCUT2D eigenvalue weighted by atomic mass is 16.3. The first-order valence-electron chi connectivity index (χ1n) is 19.5. The van der Waals surface area contributed by atoms with E-state index in [1.165, 1.54) is 21.9 Å². The molecule has 3 heterocycles. The summed E-state index contributed by atoms with van der Waals surface area (Å²) in [6, 6.07) is 49.7. The number of fused-ring (bicyclic) bond motifs is 12. The lowest BCUT2D eigenvalue weighted by Crippen LogP contribution is -1.96. The molecule has 11 rings (SSSR count). The summed E-state index contributed by atoms with van der Waals surface area (Å²) in [4.78, 5) is 10.7. The van der Waals surface area contributed by atoms with Gasteiger partial charge in [0.2, 0.25) is 0 Å². The molecule has 0 atom stereocenters. The van der Waals surface area contributed by atoms with E-state index in [-0.39, 0.29) is 0 Å². The minimum absolute atomic E-state index is 0.407. The van der Waals surface area contributed by atoms with Gasteiger partial charge >= 0.3 is 0 Å². The average Bonchev–Trinajstić information content (AvgIpc) is 3.82. The molecule has 0 fully saturated rings. The lowest BCUT2D eigenvalue weighted by molar-refractivity contribution is 0.670. The molecular weight excluding hydrogens is 685 g/mol. The molecule has 0 saturated carbocycles. The fourth-order valence-electron chi connectivity index (χ4n) is 8.65. The summed E-state index contributed by atoms with van der Waals surface area (Å²) >= 11 is 0. The highest BCUT2D eigenvalue weighted by Gasteiger charge is 2.20. The predicted octanol–water partition coefficient (Wildman–Crippen LogP) is 15.0. The van der Waals surface area contributed by atoms with Gasteiger partial charge < -0.3 is 8.83 Å². The Hall–Kier alpha value is -6.78. The molecule has 268 valence electrons. The molecule has 0 radical (unpaired) electrons. The van der Waals surface area contributed by atoms with E-state index in [0.717, 1.165) is 99.2 Å². The van der Waals surface area contributed by atoms with E-state index in [1.54, 1.807) is 0 Å². The van der Waals surface area contributed by atoms with Gasteiger partial charge in [-0.2, -0.15) is 0 Å². The molecule has 56 heavy (non-hydrogen) atoms. The summed E-state index contributed by atoms with van der Waals surface area (Å²) in [6.07, 6.45) is 1.94. The zero-order chi connectivity index (χ0) is 37.7. The first kappa shape index (κ1) is 32.6. The number of rotatable bonds is 5. The Balaban J connectivity index is 1.19. The topological polar surface area (TPSA) is 52.1 Å². The van der Waals surface area contributed by atoms with E-state index in [2.05, 4.69) is 143 Å². The van der Waals surface area contributed by atoms with Crippen LogP contribution in [0.1, 0.15) is 50.7 Å². The van der Waals surface area contributed by atoms with Crippen LogP contribution in [0, 0.1) is 0 Å². The van der Waals surface area contributed by atoms with E-state index in [9.17, 15) is 0 Å². The fourth-order valence-corrected chi connectivity index (χ4v) is 8.65. The molecule has 0 N–H and O–H groups in total. The minimum atomic E-state index is 0.407. The Morgan fingerprint density at radius 2 is 0.893 bits per heavy atom. The third kappa shape index (κ3) is 4.99. The Morgan fingerprint density at radius 1 is 0.411 bits per heavy atom. The van der Waals surface area contributed by atoms with Crippen molar-refractivity contribution in [3.05, 3.63) is 157 Å².